The van der Waals surface area contributed by atoms with E-state index in [9.17, 15) is 8.42 Å². The average Bonchev–Trinajstić information content (AvgIpc) is 1.97. The Labute approximate surface area is 66.8 Å². The van der Waals surface area contributed by atoms with Gasteiger partial charge in [-0.2, -0.15) is 8.42 Å². The molecule has 0 amide bonds. The summed E-state index contributed by atoms with van der Waals surface area (Å²) in [5, 5.41) is 0. The van der Waals surface area contributed by atoms with Crippen LogP contribution in [0, 0.1) is 5.41 Å². The first kappa shape index (κ1) is 8.96. The molecule has 0 N–H and O–H groups in total. The molecule has 0 unspecified atom stereocenters. The SMILES string of the molecule is CCC1(C)COS(=O)(=O)OC1. The third-order valence-corrected chi connectivity index (χ3v) is 2.77. The van der Waals surface area contributed by atoms with Crippen molar-refractivity contribution in [2.75, 3.05) is 13.2 Å². The van der Waals surface area contributed by atoms with E-state index in [0.717, 1.165) is 6.42 Å². The van der Waals surface area contributed by atoms with Gasteiger partial charge in [0.25, 0.3) is 0 Å². The van der Waals surface area contributed by atoms with E-state index in [-0.39, 0.29) is 18.6 Å². The highest BCUT2D eigenvalue weighted by Crippen LogP contribution is 2.27. The van der Waals surface area contributed by atoms with Gasteiger partial charge in [-0.05, 0) is 6.42 Å². The van der Waals surface area contributed by atoms with Crippen molar-refractivity contribution in [1.82, 2.24) is 0 Å². The molecule has 4 nitrogen and oxygen atoms in total. The molecule has 1 aliphatic rings. The highest BCUT2D eigenvalue weighted by molar-refractivity contribution is 7.81. The Bertz CT molecular complexity index is 217. The molecule has 0 aromatic rings. The smallest absolute Gasteiger partial charge is 0.248 e. The molecule has 1 rings (SSSR count). The van der Waals surface area contributed by atoms with Gasteiger partial charge in [0.05, 0.1) is 13.2 Å². The third-order valence-electron chi connectivity index (χ3n) is 1.96. The van der Waals surface area contributed by atoms with Gasteiger partial charge in [0.2, 0.25) is 0 Å². The molecule has 1 aliphatic heterocycles. The maximum atomic E-state index is 10.6. The van der Waals surface area contributed by atoms with Gasteiger partial charge in [0, 0.05) is 5.41 Å². The normalized spacial score (nSPS) is 28.2. The quantitative estimate of drug-likeness (QED) is 0.596. The van der Waals surface area contributed by atoms with Gasteiger partial charge in [-0.15, -0.1) is 0 Å². The van der Waals surface area contributed by atoms with Gasteiger partial charge in [0.15, 0.2) is 0 Å². The summed E-state index contributed by atoms with van der Waals surface area (Å²) < 4.78 is 30.3. The van der Waals surface area contributed by atoms with Crippen LogP contribution in [0.1, 0.15) is 20.3 Å². The zero-order valence-corrected chi connectivity index (χ0v) is 7.48. The molecule has 0 spiro atoms. The second kappa shape index (κ2) is 2.73. The minimum atomic E-state index is -3.66. The van der Waals surface area contributed by atoms with Crippen molar-refractivity contribution < 1.29 is 16.8 Å². The molecular weight excluding hydrogens is 168 g/mol. The first-order valence-corrected chi connectivity index (χ1v) is 4.85. The number of hydrogen-bond donors (Lipinski definition) is 0. The van der Waals surface area contributed by atoms with Crippen molar-refractivity contribution in [3.8, 4) is 0 Å². The summed E-state index contributed by atoms with van der Waals surface area (Å²) in [5.41, 5.74) is -0.147. The molecule has 11 heavy (non-hydrogen) atoms. The average molecular weight is 180 g/mol. The van der Waals surface area contributed by atoms with E-state index in [1.165, 1.54) is 0 Å². The number of rotatable bonds is 1. The van der Waals surface area contributed by atoms with Gasteiger partial charge >= 0.3 is 10.4 Å². The van der Waals surface area contributed by atoms with Crippen LogP contribution in [0.3, 0.4) is 0 Å². The first-order chi connectivity index (χ1) is 4.97. The lowest BCUT2D eigenvalue weighted by atomic mass is 9.90. The Morgan fingerprint density at radius 3 is 2.18 bits per heavy atom. The zero-order chi connectivity index (χ0) is 8.54. The molecule has 0 bridgehead atoms. The van der Waals surface area contributed by atoms with Crippen molar-refractivity contribution in [3.63, 3.8) is 0 Å². The Kier molecular flexibility index (Phi) is 2.22. The van der Waals surface area contributed by atoms with Crippen LogP contribution >= 0.6 is 0 Å². The Balaban J connectivity index is 2.62. The van der Waals surface area contributed by atoms with Crippen LogP contribution in [0.2, 0.25) is 0 Å². The Hall–Kier alpha value is -0.130. The second-order valence-electron chi connectivity index (χ2n) is 3.10. The lowest BCUT2D eigenvalue weighted by molar-refractivity contribution is 0.0351. The molecule has 0 radical (unpaired) electrons. The van der Waals surface area contributed by atoms with Crippen LogP contribution in [0.5, 0.6) is 0 Å². The monoisotopic (exact) mass is 180 g/mol. The van der Waals surface area contributed by atoms with E-state index in [0.29, 0.717) is 0 Å². The largest absolute Gasteiger partial charge is 0.399 e. The van der Waals surface area contributed by atoms with Gasteiger partial charge in [-0.1, -0.05) is 13.8 Å². The van der Waals surface area contributed by atoms with Gasteiger partial charge in [0.1, 0.15) is 0 Å². The van der Waals surface area contributed by atoms with E-state index < -0.39 is 10.4 Å². The van der Waals surface area contributed by atoms with E-state index in [4.69, 9.17) is 0 Å². The van der Waals surface area contributed by atoms with Crippen molar-refractivity contribution in [1.29, 1.82) is 0 Å². The molecule has 1 saturated heterocycles. The van der Waals surface area contributed by atoms with Gasteiger partial charge in [-0.3, -0.25) is 0 Å². The Morgan fingerprint density at radius 2 is 1.82 bits per heavy atom. The van der Waals surface area contributed by atoms with Gasteiger partial charge < -0.3 is 0 Å². The molecule has 5 heteroatoms. The minimum absolute atomic E-state index is 0.147. The summed E-state index contributed by atoms with van der Waals surface area (Å²) in [6.07, 6.45) is 0.850. The molecule has 0 saturated carbocycles. The first-order valence-electron chi connectivity index (χ1n) is 3.51. The van der Waals surface area contributed by atoms with Crippen LogP contribution in [-0.4, -0.2) is 21.6 Å². The lowest BCUT2D eigenvalue weighted by Crippen LogP contribution is -2.36. The lowest BCUT2D eigenvalue weighted by Gasteiger charge is -2.30. The highest BCUT2D eigenvalue weighted by Gasteiger charge is 2.33. The van der Waals surface area contributed by atoms with E-state index in [1.54, 1.807) is 0 Å². The molecule has 0 aliphatic carbocycles. The predicted octanol–water partition coefficient (Wildman–Crippen LogP) is 0.694. The van der Waals surface area contributed by atoms with E-state index >= 15 is 0 Å². The van der Waals surface area contributed by atoms with Crippen LogP contribution in [0.15, 0.2) is 0 Å². The molecule has 1 fully saturated rings. The molecule has 0 aromatic heterocycles. The Morgan fingerprint density at radius 1 is 1.36 bits per heavy atom. The zero-order valence-electron chi connectivity index (χ0n) is 6.66. The van der Waals surface area contributed by atoms with E-state index in [2.05, 4.69) is 8.37 Å². The maximum Gasteiger partial charge on any atom is 0.399 e. The predicted molar refractivity (Wildman–Crippen MR) is 39.2 cm³/mol. The summed E-state index contributed by atoms with van der Waals surface area (Å²) in [4.78, 5) is 0. The summed E-state index contributed by atoms with van der Waals surface area (Å²) in [5.74, 6) is 0. The fourth-order valence-corrected chi connectivity index (χ4v) is 1.63. The number of hydrogen-bond acceptors (Lipinski definition) is 4. The summed E-state index contributed by atoms with van der Waals surface area (Å²) >= 11 is 0. The second-order valence-corrected chi connectivity index (χ2v) is 4.38. The molecular formula is C6H12O4S. The molecule has 1 heterocycles. The van der Waals surface area contributed by atoms with Crippen molar-refractivity contribution in [2.24, 2.45) is 5.41 Å². The summed E-state index contributed by atoms with van der Waals surface area (Å²) in [7, 11) is -3.66. The van der Waals surface area contributed by atoms with Crippen LogP contribution < -0.4 is 0 Å². The topological polar surface area (TPSA) is 52.6 Å². The third kappa shape index (κ3) is 2.15. The van der Waals surface area contributed by atoms with Crippen molar-refractivity contribution in [3.05, 3.63) is 0 Å². The molecule has 0 aromatic carbocycles. The van der Waals surface area contributed by atoms with Crippen molar-refractivity contribution in [2.45, 2.75) is 20.3 Å². The fourth-order valence-electron chi connectivity index (χ4n) is 0.709. The molecule has 0 atom stereocenters. The fraction of sp³-hybridized carbons (Fsp3) is 1.00. The molecule has 66 valence electrons. The highest BCUT2D eigenvalue weighted by atomic mass is 32.3. The van der Waals surface area contributed by atoms with E-state index in [1.807, 2.05) is 13.8 Å². The minimum Gasteiger partial charge on any atom is -0.248 e. The summed E-state index contributed by atoms with van der Waals surface area (Å²) in [6, 6.07) is 0. The van der Waals surface area contributed by atoms with Crippen LogP contribution in [0.25, 0.3) is 0 Å². The standard InChI is InChI=1S/C6H12O4S/c1-3-6(2)4-9-11(7,8)10-5-6/h3-5H2,1-2H3. The summed E-state index contributed by atoms with van der Waals surface area (Å²) in [6.45, 7) is 4.37. The van der Waals surface area contributed by atoms with Gasteiger partial charge in [-0.25, -0.2) is 8.37 Å². The van der Waals surface area contributed by atoms with Crippen LogP contribution in [-0.2, 0) is 18.8 Å². The maximum absolute atomic E-state index is 10.6. The van der Waals surface area contributed by atoms with Crippen molar-refractivity contribution >= 4 is 10.4 Å². The van der Waals surface area contributed by atoms with Crippen LogP contribution in [0.4, 0.5) is 0 Å².